The van der Waals surface area contributed by atoms with Crippen LogP contribution in [0.4, 0.5) is 5.82 Å². The number of nitrogens with zero attached hydrogens (tertiary/aromatic N) is 2. The smallest absolute Gasteiger partial charge is 0.144 e. The zero-order valence-corrected chi connectivity index (χ0v) is 14.8. The van der Waals surface area contributed by atoms with Gasteiger partial charge in [0, 0.05) is 34.1 Å². The van der Waals surface area contributed by atoms with Crippen LogP contribution in [0, 0.1) is 0 Å². The van der Waals surface area contributed by atoms with Crippen molar-refractivity contribution >= 4 is 29.3 Å². The molecule has 1 N–H and O–H groups in total. The SMILES string of the molecule is CCCNc1nc(C2CSC(C)C(C)S2)nc2c1CCC2. The molecule has 0 spiro atoms. The average molecular weight is 324 g/mol. The normalized spacial score (nSPS) is 28.4. The second-order valence-corrected chi connectivity index (χ2v) is 9.00. The van der Waals surface area contributed by atoms with Crippen LogP contribution < -0.4 is 5.32 Å². The Labute approximate surface area is 136 Å². The van der Waals surface area contributed by atoms with Crippen LogP contribution in [0.3, 0.4) is 0 Å². The van der Waals surface area contributed by atoms with Gasteiger partial charge in [-0.2, -0.15) is 11.8 Å². The number of nitrogens with one attached hydrogen (secondary N) is 1. The van der Waals surface area contributed by atoms with E-state index < -0.39 is 0 Å². The fourth-order valence-corrected chi connectivity index (χ4v) is 5.75. The summed E-state index contributed by atoms with van der Waals surface area (Å²) in [5.41, 5.74) is 2.68. The third-order valence-corrected chi connectivity index (χ3v) is 7.72. The molecule has 3 atom stereocenters. The van der Waals surface area contributed by atoms with E-state index in [1.165, 1.54) is 17.7 Å². The van der Waals surface area contributed by atoms with E-state index in [4.69, 9.17) is 9.97 Å². The van der Waals surface area contributed by atoms with Crippen molar-refractivity contribution in [1.29, 1.82) is 0 Å². The van der Waals surface area contributed by atoms with E-state index >= 15 is 0 Å². The summed E-state index contributed by atoms with van der Waals surface area (Å²) >= 11 is 4.12. The van der Waals surface area contributed by atoms with Crippen LogP contribution in [-0.4, -0.2) is 32.8 Å². The third kappa shape index (κ3) is 3.34. The van der Waals surface area contributed by atoms with Crippen molar-refractivity contribution < 1.29 is 0 Å². The van der Waals surface area contributed by atoms with Crippen LogP contribution in [0.1, 0.15) is 55.9 Å². The van der Waals surface area contributed by atoms with E-state index in [-0.39, 0.29) is 0 Å². The van der Waals surface area contributed by atoms with Crippen molar-refractivity contribution in [1.82, 2.24) is 9.97 Å². The summed E-state index contributed by atoms with van der Waals surface area (Å²) in [4.78, 5) is 9.83. The summed E-state index contributed by atoms with van der Waals surface area (Å²) < 4.78 is 0. The number of aryl methyl sites for hydroxylation is 1. The molecule has 5 heteroatoms. The Morgan fingerprint density at radius 3 is 2.81 bits per heavy atom. The first-order chi connectivity index (χ1) is 10.2. The van der Waals surface area contributed by atoms with Crippen molar-refractivity contribution in [3.05, 3.63) is 17.1 Å². The van der Waals surface area contributed by atoms with Gasteiger partial charge in [-0.1, -0.05) is 20.8 Å². The second kappa shape index (κ2) is 6.78. The molecule has 1 fully saturated rings. The predicted molar refractivity (Wildman–Crippen MR) is 94.6 cm³/mol. The van der Waals surface area contributed by atoms with Crippen LogP contribution in [-0.2, 0) is 12.8 Å². The highest BCUT2D eigenvalue weighted by atomic mass is 32.2. The molecule has 3 rings (SSSR count). The lowest BCUT2D eigenvalue weighted by Gasteiger charge is -2.30. The van der Waals surface area contributed by atoms with E-state index in [9.17, 15) is 0 Å². The average Bonchev–Trinajstić information content (AvgIpc) is 2.96. The van der Waals surface area contributed by atoms with E-state index in [1.807, 2.05) is 0 Å². The van der Waals surface area contributed by atoms with Gasteiger partial charge in [-0.05, 0) is 25.7 Å². The van der Waals surface area contributed by atoms with Crippen molar-refractivity contribution in [3.8, 4) is 0 Å². The molecule has 0 aromatic carbocycles. The molecule has 0 saturated carbocycles. The molecule has 116 valence electrons. The predicted octanol–water partition coefficient (Wildman–Crippen LogP) is 4.09. The highest BCUT2D eigenvalue weighted by Crippen LogP contribution is 2.44. The number of hydrogen-bond acceptors (Lipinski definition) is 5. The largest absolute Gasteiger partial charge is 0.370 e. The minimum Gasteiger partial charge on any atom is -0.370 e. The van der Waals surface area contributed by atoms with Crippen LogP contribution in [0.5, 0.6) is 0 Å². The molecule has 1 aromatic heterocycles. The minimum atomic E-state index is 0.453. The quantitative estimate of drug-likeness (QED) is 0.903. The molecular formula is C16H25N3S2. The second-order valence-electron chi connectivity index (χ2n) is 6.00. The van der Waals surface area contributed by atoms with Gasteiger partial charge in [0.1, 0.15) is 11.6 Å². The van der Waals surface area contributed by atoms with Crippen molar-refractivity contribution in [3.63, 3.8) is 0 Å². The zero-order valence-electron chi connectivity index (χ0n) is 13.2. The van der Waals surface area contributed by atoms with Gasteiger partial charge < -0.3 is 5.32 Å². The van der Waals surface area contributed by atoms with E-state index in [0.717, 1.165) is 48.5 Å². The summed E-state index contributed by atoms with van der Waals surface area (Å²) in [5, 5.41) is 5.39. The highest BCUT2D eigenvalue weighted by Gasteiger charge is 2.30. The number of rotatable bonds is 4. The van der Waals surface area contributed by atoms with Gasteiger partial charge in [-0.15, -0.1) is 11.8 Å². The molecule has 21 heavy (non-hydrogen) atoms. The monoisotopic (exact) mass is 323 g/mol. The Balaban J connectivity index is 1.85. The summed E-state index contributed by atoms with van der Waals surface area (Å²) in [6.45, 7) is 7.86. The molecule has 0 amide bonds. The van der Waals surface area contributed by atoms with Crippen molar-refractivity contribution in [2.45, 2.75) is 62.2 Å². The van der Waals surface area contributed by atoms with E-state index in [0.29, 0.717) is 10.5 Å². The number of hydrogen-bond donors (Lipinski definition) is 1. The van der Waals surface area contributed by atoms with Crippen LogP contribution in [0.25, 0.3) is 0 Å². The van der Waals surface area contributed by atoms with Crippen LogP contribution >= 0.6 is 23.5 Å². The number of thioether (sulfide) groups is 2. The third-order valence-electron chi connectivity index (χ3n) is 4.33. The van der Waals surface area contributed by atoms with Crippen molar-refractivity contribution in [2.24, 2.45) is 0 Å². The maximum Gasteiger partial charge on any atom is 0.144 e. The molecule has 1 aliphatic carbocycles. The number of anilines is 1. The van der Waals surface area contributed by atoms with Gasteiger partial charge >= 0.3 is 0 Å². The molecule has 0 bridgehead atoms. The Morgan fingerprint density at radius 2 is 2.05 bits per heavy atom. The summed E-state index contributed by atoms with van der Waals surface area (Å²) in [6.07, 6.45) is 4.63. The Hall–Kier alpha value is -0.420. The fourth-order valence-electron chi connectivity index (χ4n) is 2.90. The topological polar surface area (TPSA) is 37.8 Å². The first kappa shape index (κ1) is 15.5. The molecule has 2 aliphatic rings. The van der Waals surface area contributed by atoms with Gasteiger partial charge in [0.2, 0.25) is 0 Å². The summed E-state index contributed by atoms with van der Waals surface area (Å²) in [5.74, 6) is 3.32. The summed E-state index contributed by atoms with van der Waals surface area (Å²) in [6, 6.07) is 0. The maximum absolute atomic E-state index is 4.92. The molecule has 3 unspecified atom stereocenters. The lowest BCUT2D eigenvalue weighted by molar-refractivity contribution is 0.839. The Morgan fingerprint density at radius 1 is 1.19 bits per heavy atom. The van der Waals surface area contributed by atoms with E-state index in [1.54, 1.807) is 0 Å². The van der Waals surface area contributed by atoms with Gasteiger partial charge in [0.25, 0.3) is 0 Å². The van der Waals surface area contributed by atoms with Gasteiger partial charge in [-0.25, -0.2) is 9.97 Å². The van der Waals surface area contributed by atoms with Crippen molar-refractivity contribution in [2.75, 3.05) is 17.6 Å². The molecule has 3 nitrogen and oxygen atoms in total. The van der Waals surface area contributed by atoms with E-state index in [2.05, 4.69) is 49.6 Å². The van der Waals surface area contributed by atoms with Gasteiger partial charge in [0.05, 0.1) is 5.25 Å². The Kier molecular flexibility index (Phi) is 4.99. The molecule has 2 heterocycles. The summed E-state index contributed by atoms with van der Waals surface area (Å²) in [7, 11) is 0. The Bertz CT molecular complexity index is 507. The number of aromatic nitrogens is 2. The highest BCUT2D eigenvalue weighted by molar-refractivity contribution is 8.07. The number of fused-ring (bicyclic) bond motifs is 1. The fraction of sp³-hybridized carbons (Fsp3) is 0.750. The lowest BCUT2D eigenvalue weighted by atomic mass is 10.2. The van der Waals surface area contributed by atoms with Gasteiger partial charge in [-0.3, -0.25) is 0 Å². The first-order valence-corrected chi connectivity index (χ1v) is 10.1. The standard InChI is InChI=1S/C16H25N3S2/c1-4-8-17-15-12-6-5-7-13(12)18-16(19-15)14-9-20-10(2)11(3)21-14/h10-11,14H,4-9H2,1-3H3,(H,17,18,19). The zero-order chi connectivity index (χ0) is 14.8. The maximum atomic E-state index is 4.92. The molecule has 1 saturated heterocycles. The van der Waals surface area contributed by atoms with Crippen LogP contribution in [0.2, 0.25) is 0 Å². The molecule has 1 aliphatic heterocycles. The molecule has 1 aromatic rings. The lowest BCUT2D eigenvalue weighted by Crippen LogP contribution is -2.23. The van der Waals surface area contributed by atoms with Crippen LogP contribution in [0.15, 0.2) is 0 Å². The van der Waals surface area contributed by atoms with Gasteiger partial charge in [0.15, 0.2) is 0 Å². The molecule has 0 radical (unpaired) electrons. The molecular weight excluding hydrogens is 298 g/mol. The minimum absolute atomic E-state index is 0.453. The first-order valence-electron chi connectivity index (χ1n) is 8.09.